The van der Waals surface area contributed by atoms with Gasteiger partial charge < -0.3 is 10.6 Å². The molecule has 9 nitrogen and oxygen atoms in total. The van der Waals surface area contributed by atoms with Gasteiger partial charge in [0.25, 0.3) is 5.56 Å². The van der Waals surface area contributed by atoms with Crippen LogP contribution in [0.5, 0.6) is 0 Å². The van der Waals surface area contributed by atoms with Crippen LogP contribution in [0.1, 0.15) is 48.4 Å². The summed E-state index contributed by atoms with van der Waals surface area (Å²) in [7, 11) is 0. The van der Waals surface area contributed by atoms with Crippen molar-refractivity contribution in [2.24, 2.45) is 0 Å². The molecule has 0 bridgehead atoms. The third kappa shape index (κ3) is 3.80. The molecule has 1 aromatic carbocycles. The Labute approximate surface area is 190 Å². The highest BCUT2D eigenvalue weighted by Gasteiger charge is 2.20. The van der Waals surface area contributed by atoms with Crippen LogP contribution >= 0.6 is 0 Å². The molecule has 0 radical (unpaired) electrons. The number of ketones is 1. The lowest BCUT2D eigenvalue weighted by molar-refractivity contribution is 0.101. The van der Waals surface area contributed by atoms with E-state index in [4.69, 9.17) is 4.98 Å². The molecule has 0 unspecified atom stereocenters. The summed E-state index contributed by atoms with van der Waals surface area (Å²) < 4.78 is 3.35. The molecule has 1 aliphatic rings. The van der Waals surface area contributed by atoms with Crippen molar-refractivity contribution in [3.05, 3.63) is 69.9 Å². The van der Waals surface area contributed by atoms with Gasteiger partial charge >= 0.3 is 0 Å². The fourth-order valence-electron chi connectivity index (χ4n) is 4.20. The second-order valence-corrected chi connectivity index (χ2v) is 8.48. The Morgan fingerprint density at radius 2 is 2.00 bits per heavy atom. The fraction of sp³-hybridized carbons (Fsp3) is 0.292. The maximum atomic E-state index is 13.2. The summed E-state index contributed by atoms with van der Waals surface area (Å²) >= 11 is 0. The van der Waals surface area contributed by atoms with Gasteiger partial charge in [0.2, 0.25) is 5.95 Å². The SMILES string of the molecule is CC(=O)c1cc(-n2c3nc(Nc4ccc5c(c4)CNCC5)ncc3c(=O)n2C(C)C)ccn1. The second kappa shape index (κ2) is 8.25. The molecule has 1 aliphatic heterocycles. The first-order valence-corrected chi connectivity index (χ1v) is 11.0. The van der Waals surface area contributed by atoms with E-state index >= 15 is 0 Å². The second-order valence-electron chi connectivity index (χ2n) is 8.48. The van der Waals surface area contributed by atoms with Crippen LogP contribution in [0.25, 0.3) is 16.7 Å². The van der Waals surface area contributed by atoms with Crippen LogP contribution in [-0.2, 0) is 13.0 Å². The largest absolute Gasteiger partial charge is 0.324 e. The predicted octanol–water partition coefficient (Wildman–Crippen LogP) is 3.15. The minimum absolute atomic E-state index is 0.134. The minimum atomic E-state index is -0.187. The monoisotopic (exact) mass is 443 g/mol. The number of rotatable bonds is 5. The van der Waals surface area contributed by atoms with Crippen LogP contribution in [0.3, 0.4) is 0 Å². The fourth-order valence-corrected chi connectivity index (χ4v) is 4.20. The molecule has 0 amide bonds. The molecule has 0 saturated carbocycles. The van der Waals surface area contributed by atoms with Crippen molar-refractivity contribution in [2.75, 3.05) is 11.9 Å². The number of pyridine rings is 1. The zero-order chi connectivity index (χ0) is 23.1. The van der Waals surface area contributed by atoms with E-state index in [0.29, 0.717) is 28.4 Å². The molecule has 9 heteroatoms. The zero-order valence-electron chi connectivity index (χ0n) is 18.8. The van der Waals surface area contributed by atoms with Gasteiger partial charge in [-0.3, -0.25) is 14.6 Å². The first kappa shape index (κ1) is 21.0. The summed E-state index contributed by atoms with van der Waals surface area (Å²) in [5.41, 5.74) is 4.73. The molecular weight excluding hydrogens is 418 g/mol. The van der Waals surface area contributed by atoms with E-state index in [-0.39, 0.29) is 17.4 Å². The molecule has 0 atom stereocenters. The average molecular weight is 444 g/mol. The van der Waals surface area contributed by atoms with Crippen molar-refractivity contribution in [3.8, 4) is 5.69 Å². The van der Waals surface area contributed by atoms with E-state index in [1.165, 1.54) is 18.1 Å². The van der Waals surface area contributed by atoms with E-state index in [0.717, 1.165) is 25.2 Å². The van der Waals surface area contributed by atoms with Crippen LogP contribution in [-0.4, -0.2) is 36.6 Å². The smallest absolute Gasteiger partial charge is 0.278 e. The Morgan fingerprint density at radius 3 is 2.79 bits per heavy atom. The highest BCUT2D eigenvalue weighted by molar-refractivity contribution is 5.92. The molecule has 0 aliphatic carbocycles. The van der Waals surface area contributed by atoms with Gasteiger partial charge in [-0.05, 0) is 62.2 Å². The van der Waals surface area contributed by atoms with Crippen LogP contribution in [0, 0.1) is 0 Å². The zero-order valence-corrected chi connectivity index (χ0v) is 18.8. The summed E-state index contributed by atoms with van der Waals surface area (Å²) in [6, 6.07) is 9.55. The van der Waals surface area contributed by atoms with Crippen molar-refractivity contribution in [1.29, 1.82) is 0 Å². The lowest BCUT2D eigenvalue weighted by Gasteiger charge is -2.18. The Bertz CT molecular complexity index is 1430. The van der Waals surface area contributed by atoms with Gasteiger partial charge in [0.15, 0.2) is 11.4 Å². The number of hydrogen-bond acceptors (Lipinski definition) is 7. The summed E-state index contributed by atoms with van der Waals surface area (Å²) in [4.78, 5) is 38.3. The lowest BCUT2D eigenvalue weighted by Crippen LogP contribution is -2.24. The number of carbonyl (C=O) groups excluding carboxylic acids is 1. The van der Waals surface area contributed by atoms with Crippen molar-refractivity contribution in [3.63, 3.8) is 0 Å². The van der Waals surface area contributed by atoms with Gasteiger partial charge in [0.1, 0.15) is 11.1 Å². The summed E-state index contributed by atoms with van der Waals surface area (Å²) in [5.74, 6) is 0.243. The van der Waals surface area contributed by atoms with Crippen molar-refractivity contribution in [1.82, 2.24) is 29.6 Å². The molecule has 3 aromatic heterocycles. The summed E-state index contributed by atoms with van der Waals surface area (Å²) in [6.45, 7) is 7.15. The number of nitrogens with zero attached hydrogens (tertiary/aromatic N) is 5. The normalized spacial score (nSPS) is 13.3. The van der Waals surface area contributed by atoms with Crippen LogP contribution in [0.2, 0.25) is 0 Å². The molecule has 4 aromatic rings. The van der Waals surface area contributed by atoms with Crippen LogP contribution in [0.15, 0.2) is 47.5 Å². The average Bonchev–Trinajstić information content (AvgIpc) is 3.11. The van der Waals surface area contributed by atoms with Gasteiger partial charge in [-0.15, -0.1) is 0 Å². The molecule has 0 saturated heterocycles. The summed E-state index contributed by atoms with van der Waals surface area (Å²) in [6.07, 6.45) is 4.13. The maximum absolute atomic E-state index is 13.2. The van der Waals surface area contributed by atoms with Crippen molar-refractivity contribution < 1.29 is 4.79 Å². The maximum Gasteiger partial charge on any atom is 0.278 e. The Hall–Kier alpha value is -3.85. The van der Waals surface area contributed by atoms with E-state index in [9.17, 15) is 9.59 Å². The molecule has 4 heterocycles. The number of anilines is 2. The van der Waals surface area contributed by atoms with E-state index in [2.05, 4.69) is 32.7 Å². The number of hydrogen-bond donors (Lipinski definition) is 2. The number of Topliss-reactive ketones (excluding diaryl/α,β-unsaturated/α-hetero) is 1. The van der Waals surface area contributed by atoms with Crippen LogP contribution < -0.4 is 16.2 Å². The van der Waals surface area contributed by atoms with Gasteiger partial charge in [0.05, 0.1) is 5.69 Å². The molecule has 33 heavy (non-hydrogen) atoms. The molecule has 2 N–H and O–H groups in total. The number of fused-ring (bicyclic) bond motifs is 2. The van der Waals surface area contributed by atoms with Crippen molar-refractivity contribution >= 4 is 28.5 Å². The molecular formula is C24H25N7O2. The first-order valence-electron chi connectivity index (χ1n) is 11.0. The Kier molecular flexibility index (Phi) is 5.26. The van der Waals surface area contributed by atoms with Gasteiger partial charge in [-0.25, -0.2) is 14.3 Å². The topological polar surface area (TPSA) is 107 Å². The molecule has 0 fully saturated rings. The third-order valence-corrected chi connectivity index (χ3v) is 5.81. The number of benzene rings is 1. The number of carbonyl (C=O) groups is 1. The minimum Gasteiger partial charge on any atom is -0.324 e. The highest BCUT2D eigenvalue weighted by atomic mass is 16.1. The quantitative estimate of drug-likeness (QED) is 0.456. The van der Waals surface area contributed by atoms with Gasteiger partial charge in [-0.1, -0.05) is 6.07 Å². The highest BCUT2D eigenvalue weighted by Crippen LogP contribution is 2.23. The van der Waals surface area contributed by atoms with E-state index < -0.39 is 0 Å². The van der Waals surface area contributed by atoms with E-state index in [1.807, 2.05) is 19.9 Å². The van der Waals surface area contributed by atoms with Crippen LogP contribution in [0.4, 0.5) is 11.6 Å². The van der Waals surface area contributed by atoms with Gasteiger partial charge in [-0.2, -0.15) is 4.98 Å². The Morgan fingerprint density at radius 1 is 1.15 bits per heavy atom. The van der Waals surface area contributed by atoms with Gasteiger partial charge in [0, 0.05) is 37.6 Å². The Balaban J connectivity index is 1.63. The number of aromatic nitrogens is 5. The number of nitrogens with one attached hydrogen (secondary N) is 2. The predicted molar refractivity (Wildman–Crippen MR) is 126 cm³/mol. The summed E-state index contributed by atoms with van der Waals surface area (Å²) in [5, 5.41) is 7.06. The molecule has 168 valence electrons. The van der Waals surface area contributed by atoms with E-state index in [1.54, 1.807) is 33.9 Å². The standard InChI is InChI=1S/C24H25N7O2/c1-14(2)30-23(33)20-13-27-24(28-18-5-4-16-6-8-25-12-17(16)10-18)29-22(20)31(30)19-7-9-26-21(11-19)15(3)32/h4-5,7,9-11,13-14,25H,6,8,12H2,1-3H3,(H,27,28,29). The lowest BCUT2D eigenvalue weighted by atomic mass is 10.0. The molecule has 0 spiro atoms. The van der Waals surface area contributed by atoms with Crippen molar-refractivity contribution in [2.45, 2.75) is 39.8 Å². The first-order chi connectivity index (χ1) is 15.9. The molecule has 5 rings (SSSR count). The third-order valence-electron chi connectivity index (χ3n) is 5.81.